The highest BCUT2D eigenvalue weighted by molar-refractivity contribution is 7.99. The van der Waals surface area contributed by atoms with Crippen molar-refractivity contribution in [2.24, 2.45) is 0 Å². The van der Waals surface area contributed by atoms with E-state index in [-0.39, 0.29) is 17.8 Å². The number of nitrogens with one attached hydrogen (secondary N) is 2. The maximum absolute atomic E-state index is 12.9. The minimum Gasteiger partial charge on any atom is -0.367 e. The first-order chi connectivity index (χ1) is 9.99. The van der Waals surface area contributed by atoms with Crippen molar-refractivity contribution >= 4 is 23.5 Å². The third-order valence-electron chi connectivity index (χ3n) is 3.12. The highest BCUT2D eigenvalue weighted by atomic mass is 32.2. The van der Waals surface area contributed by atoms with E-state index in [1.165, 1.54) is 0 Å². The number of hydrogen-bond acceptors (Lipinski definition) is 5. The van der Waals surface area contributed by atoms with Crippen molar-refractivity contribution in [1.29, 1.82) is 0 Å². The van der Waals surface area contributed by atoms with Gasteiger partial charge in [-0.15, -0.1) is 0 Å². The number of anilines is 2. The third-order valence-corrected chi connectivity index (χ3v) is 4.17. The highest BCUT2D eigenvalue weighted by Gasteiger charge is 2.34. The fourth-order valence-corrected chi connectivity index (χ4v) is 3.14. The molecular weight excluding hydrogens is 301 g/mol. The molecule has 1 saturated heterocycles. The molecule has 1 aliphatic heterocycles. The van der Waals surface area contributed by atoms with Crippen molar-refractivity contribution in [3.05, 3.63) is 11.8 Å². The summed E-state index contributed by atoms with van der Waals surface area (Å²) in [7, 11) is 0. The van der Waals surface area contributed by atoms with E-state index in [2.05, 4.69) is 20.6 Å². The van der Waals surface area contributed by atoms with Gasteiger partial charge in [-0.05, 0) is 30.8 Å². The summed E-state index contributed by atoms with van der Waals surface area (Å²) in [5.74, 6) is 2.32. The van der Waals surface area contributed by atoms with Crippen LogP contribution in [-0.4, -0.2) is 34.1 Å². The Morgan fingerprint density at radius 1 is 1.29 bits per heavy atom. The van der Waals surface area contributed by atoms with E-state index < -0.39 is 11.9 Å². The molecule has 118 valence electrons. The number of alkyl halides is 3. The molecule has 0 aromatic carbocycles. The van der Waals surface area contributed by atoms with E-state index >= 15 is 0 Å². The fraction of sp³-hybridized carbons (Fsp3) is 0.692. The summed E-state index contributed by atoms with van der Waals surface area (Å²) in [6.45, 7) is 2.47. The van der Waals surface area contributed by atoms with Gasteiger partial charge in [0.15, 0.2) is 5.69 Å². The van der Waals surface area contributed by atoms with Crippen LogP contribution in [0.3, 0.4) is 0 Å². The number of hydrogen-bond donors (Lipinski definition) is 2. The van der Waals surface area contributed by atoms with Crippen molar-refractivity contribution in [2.45, 2.75) is 38.4 Å². The molecule has 0 unspecified atom stereocenters. The maximum atomic E-state index is 12.9. The predicted molar refractivity (Wildman–Crippen MR) is 79.8 cm³/mol. The molecule has 21 heavy (non-hydrogen) atoms. The van der Waals surface area contributed by atoms with Gasteiger partial charge >= 0.3 is 6.18 Å². The molecule has 0 amide bonds. The number of thioether (sulfide) groups is 1. The lowest BCUT2D eigenvalue weighted by Gasteiger charge is -2.23. The average molecular weight is 320 g/mol. The van der Waals surface area contributed by atoms with Crippen LogP contribution in [0.4, 0.5) is 24.9 Å². The van der Waals surface area contributed by atoms with Gasteiger partial charge in [-0.1, -0.05) is 6.92 Å². The number of halogens is 3. The van der Waals surface area contributed by atoms with E-state index in [0.717, 1.165) is 36.8 Å². The predicted octanol–water partition coefficient (Wildman–Crippen LogP) is 3.62. The molecule has 8 heteroatoms. The lowest BCUT2D eigenvalue weighted by molar-refractivity contribution is -0.141. The lowest BCUT2D eigenvalue weighted by Crippen LogP contribution is -2.25. The van der Waals surface area contributed by atoms with E-state index in [9.17, 15) is 13.2 Å². The maximum Gasteiger partial charge on any atom is 0.433 e. The zero-order valence-electron chi connectivity index (χ0n) is 11.8. The first-order valence-electron chi connectivity index (χ1n) is 7.03. The van der Waals surface area contributed by atoms with Crippen LogP contribution in [0.5, 0.6) is 0 Å². The Labute approximate surface area is 126 Å². The monoisotopic (exact) mass is 320 g/mol. The number of nitrogens with zero attached hydrogens (tertiary/aromatic N) is 2. The Kier molecular flexibility index (Phi) is 5.55. The smallest absolute Gasteiger partial charge is 0.367 e. The molecule has 0 radical (unpaired) electrons. The largest absolute Gasteiger partial charge is 0.433 e. The normalized spacial score (nSPS) is 16.8. The van der Waals surface area contributed by atoms with Crippen LogP contribution in [0.2, 0.25) is 0 Å². The molecule has 1 aliphatic rings. The van der Waals surface area contributed by atoms with Gasteiger partial charge in [0.05, 0.1) is 0 Å². The average Bonchev–Trinajstić information content (AvgIpc) is 2.45. The number of rotatable bonds is 5. The quantitative estimate of drug-likeness (QED) is 0.868. The fourth-order valence-electron chi connectivity index (χ4n) is 2.03. The third kappa shape index (κ3) is 4.94. The Hall–Kier alpha value is -1.18. The summed E-state index contributed by atoms with van der Waals surface area (Å²) < 4.78 is 38.7. The van der Waals surface area contributed by atoms with E-state index in [1.807, 2.05) is 18.7 Å². The van der Waals surface area contributed by atoms with Crippen molar-refractivity contribution in [3.8, 4) is 0 Å². The van der Waals surface area contributed by atoms with Gasteiger partial charge in [0.1, 0.15) is 5.82 Å². The van der Waals surface area contributed by atoms with E-state index in [0.29, 0.717) is 6.54 Å². The first kappa shape index (κ1) is 16.2. The van der Waals surface area contributed by atoms with Crippen LogP contribution in [-0.2, 0) is 6.18 Å². The van der Waals surface area contributed by atoms with Gasteiger partial charge in [-0.3, -0.25) is 0 Å². The summed E-state index contributed by atoms with van der Waals surface area (Å²) in [4.78, 5) is 7.68. The molecule has 2 heterocycles. The van der Waals surface area contributed by atoms with Gasteiger partial charge < -0.3 is 10.6 Å². The molecule has 4 nitrogen and oxygen atoms in total. The molecule has 1 aromatic rings. The van der Waals surface area contributed by atoms with Gasteiger partial charge in [0.25, 0.3) is 0 Å². The zero-order chi connectivity index (χ0) is 15.3. The van der Waals surface area contributed by atoms with E-state index in [4.69, 9.17) is 0 Å². The molecule has 2 rings (SSSR count). The minimum atomic E-state index is -4.47. The van der Waals surface area contributed by atoms with Gasteiger partial charge in [0, 0.05) is 18.7 Å². The van der Waals surface area contributed by atoms with Crippen LogP contribution in [0.15, 0.2) is 6.07 Å². The molecule has 1 aromatic heterocycles. The molecule has 0 spiro atoms. The summed E-state index contributed by atoms with van der Waals surface area (Å²) in [5.41, 5.74) is -0.913. The summed E-state index contributed by atoms with van der Waals surface area (Å²) in [5, 5.41) is 5.92. The Morgan fingerprint density at radius 3 is 2.62 bits per heavy atom. The standard InChI is InChI=1S/C13H19F3N4S/c1-2-5-17-12-19-10(13(14,15)16)8-11(20-12)18-9-3-6-21-7-4-9/h8-9H,2-7H2,1H3,(H2,17,18,19,20). The van der Waals surface area contributed by atoms with Crippen molar-refractivity contribution in [1.82, 2.24) is 9.97 Å². The highest BCUT2D eigenvalue weighted by Crippen LogP contribution is 2.30. The molecule has 0 aliphatic carbocycles. The Bertz CT molecular complexity index is 461. The topological polar surface area (TPSA) is 49.8 Å². The molecular formula is C13H19F3N4S. The molecule has 1 fully saturated rings. The Morgan fingerprint density at radius 2 is 2.00 bits per heavy atom. The summed E-state index contributed by atoms with van der Waals surface area (Å²) >= 11 is 1.87. The second-order valence-corrected chi connectivity index (χ2v) is 6.14. The van der Waals surface area contributed by atoms with Crippen LogP contribution in [0, 0.1) is 0 Å². The van der Waals surface area contributed by atoms with E-state index in [1.54, 1.807) is 0 Å². The van der Waals surface area contributed by atoms with Crippen LogP contribution >= 0.6 is 11.8 Å². The first-order valence-corrected chi connectivity index (χ1v) is 8.19. The number of aromatic nitrogens is 2. The van der Waals surface area contributed by atoms with Gasteiger partial charge in [-0.2, -0.15) is 29.9 Å². The van der Waals surface area contributed by atoms with Crippen LogP contribution in [0.1, 0.15) is 31.9 Å². The molecule has 0 saturated carbocycles. The molecule has 0 bridgehead atoms. The van der Waals surface area contributed by atoms with Crippen LogP contribution < -0.4 is 10.6 Å². The molecule has 2 N–H and O–H groups in total. The summed E-state index contributed by atoms with van der Waals surface area (Å²) in [6.07, 6.45) is -1.80. The minimum absolute atomic E-state index is 0.0272. The SMILES string of the molecule is CCCNc1nc(NC2CCSCC2)cc(C(F)(F)F)n1. The van der Waals surface area contributed by atoms with Crippen LogP contribution in [0.25, 0.3) is 0 Å². The Balaban J connectivity index is 2.17. The zero-order valence-corrected chi connectivity index (χ0v) is 12.7. The van der Waals surface area contributed by atoms with Gasteiger partial charge in [-0.25, -0.2) is 4.98 Å². The summed E-state index contributed by atoms with van der Waals surface area (Å²) in [6, 6.07) is 1.17. The lowest BCUT2D eigenvalue weighted by atomic mass is 10.1. The molecule has 0 atom stereocenters. The van der Waals surface area contributed by atoms with Gasteiger partial charge in [0.2, 0.25) is 5.95 Å². The van der Waals surface area contributed by atoms with Crippen molar-refractivity contribution < 1.29 is 13.2 Å². The second kappa shape index (κ2) is 7.20. The van der Waals surface area contributed by atoms with Crippen molar-refractivity contribution in [2.75, 3.05) is 28.7 Å². The van der Waals surface area contributed by atoms with Crippen molar-refractivity contribution in [3.63, 3.8) is 0 Å². The second-order valence-electron chi connectivity index (χ2n) is 4.92.